The van der Waals surface area contributed by atoms with Crippen molar-refractivity contribution in [2.75, 3.05) is 30.3 Å². The second kappa shape index (κ2) is 3.90. The van der Waals surface area contributed by atoms with Gasteiger partial charge in [-0.1, -0.05) is 0 Å². The third kappa shape index (κ3) is 1.71. The van der Waals surface area contributed by atoms with E-state index in [0.29, 0.717) is 12.0 Å². The van der Waals surface area contributed by atoms with E-state index in [1.807, 2.05) is 6.07 Å². The van der Waals surface area contributed by atoms with Crippen LogP contribution in [0.4, 0.5) is 11.8 Å². The summed E-state index contributed by atoms with van der Waals surface area (Å²) in [7, 11) is 0. The zero-order valence-corrected chi connectivity index (χ0v) is 9.26. The van der Waals surface area contributed by atoms with Gasteiger partial charge in [0.2, 0.25) is 5.95 Å². The molecule has 0 saturated carbocycles. The van der Waals surface area contributed by atoms with Gasteiger partial charge in [-0.05, 0) is 31.4 Å². The van der Waals surface area contributed by atoms with Gasteiger partial charge in [0.15, 0.2) is 0 Å². The van der Waals surface area contributed by atoms with E-state index in [4.69, 9.17) is 5.73 Å². The molecule has 0 aliphatic carbocycles. The van der Waals surface area contributed by atoms with Crippen molar-refractivity contribution in [3.8, 4) is 0 Å². The summed E-state index contributed by atoms with van der Waals surface area (Å²) in [6.45, 7) is 3.29. The highest BCUT2D eigenvalue weighted by molar-refractivity contribution is 5.42. The molecule has 0 amide bonds. The topological polar surface area (TPSA) is 67.1 Å². The largest absolute Gasteiger partial charge is 0.368 e. The summed E-state index contributed by atoms with van der Waals surface area (Å²) in [5.74, 6) is 2.09. The Kier molecular flexibility index (Phi) is 2.40. The molecule has 1 aromatic heterocycles. The smallest absolute Gasteiger partial charge is 0.221 e. The summed E-state index contributed by atoms with van der Waals surface area (Å²) >= 11 is 0. The number of hydrogen-bond donors (Lipinski definition) is 2. The Labute approximate surface area is 95.1 Å². The minimum atomic E-state index is 0.361. The molecule has 0 unspecified atom stereocenters. The van der Waals surface area contributed by atoms with E-state index in [1.54, 1.807) is 6.20 Å². The fraction of sp³-hybridized carbons (Fsp3) is 0.636. The Morgan fingerprint density at radius 3 is 3.19 bits per heavy atom. The maximum Gasteiger partial charge on any atom is 0.221 e. The van der Waals surface area contributed by atoms with Gasteiger partial charge in [-0.25, -0.2) is 4.98 Å². The summed E-state index contributed by atoms with van der Waals surface area (Å²) in [6.07, 6.45) is 4.35. The van der Waals surface area contributed by atoms with E-state index in [0.717, 1.165) is 31.4 Å². The van der Waals surface area contributed by atoms with Gasteiger partial charge < -0.3 is 16.0 Å². The van der Waals surface area contributed by atoms with Crippen LogP contribution in [0.3, 0.4) is 0 Å². The van der Waals surface area contributed by atoms with Gasteiger partial charge in [-0.3, -0.25) is 0 Å². The standard InChI is InChI=1S/C11H17N5/c12-11-14-5-3-10(15-11)16-6-8-2-1-4-13-9(8)7-16/h3,5,8-9,13H,1-2,4,6-7H2,(H2,12,14,15)/t8-,9+/m0/s1. The van der Waals surface area contributed by atoms with Crippen LogP contribution in [0, 0.1) is 5.92 Å². The Morgan fingerprint density at radius 2 is 2.38 bits per heavy atom. The summed E-state index contributed by atoms with van der Waals surface area (Å²) in [5.41, 5.74) is 5.61. The van der Waals surface area contributed by atoms with Gasteiger partial charge in [0, 0.05) is 25.3 Å². The number of nitrogens with one attached hydrogen (secondary N) is 1. The molecule has 0 spiro atoms. The first-order valence-electron chi connectivity index (χ1n) is 5.90. The number of piperidine rings is 1. The minimum absolute atomic E-state index is 0.361. The summed E-state index contributed by atoms with van der Waals surface area (Å²) in [6, 6.07) is 2.57. The van der Waals surface area contributed by atoms with Gasteiger partial charge in [0.25, 0.3) is 0 Å². The molecule has 2 saturated heterocycles. The molecule has 3 N–H and O–H groups in total. The Hall–Kier alpha value is -1.36. The molecule has 3 rings (SSSR count). The van der Waals surface area contributed by atoms with Gasteiger partial charge >= 0.3 is 0 Å². The first-order chi connectivity index (χ1) is 7.83. The summed E-state index contributed by atoms with van der Waals surface area (Å²) < 4.78 is 0. The molecule has 3 heterocycles. The van der Waals surface area contributed by atoms with Crippen molar-refractivity contribution >= 4 is 11.8 Å². The van der Waals surface area contributed by atoms with Crippen molar-refractivity contribution < 1.29 is 0 Å². The van der Waals surface area contributed by atoms with Gasteiger partial charge in [-0.15, -0.1) is 0 Å². The van der Waals surface area contributed by atoms with Crippen molar-refractivity contribution in [2.45, 2.75) is 18.9 Å². The molecule has 2 aliphatic heterocycles. The van der Waals surface area contributed by atoms with E-state index in [2.05, 4.69) is 20.2 Å². The number of fused-ring (bicyclic) bond motifs is 1. The molecule has 0 aromatic carbocycles. The number of hydrogen-bond acceptors (Lipinski definition) is 5. The first kappa shape index (κ1) is 9.84. The lowest BCUT2D eigenvalue weighted by Gasteiger charge is -2.24. The van der Waals surface area contributed by atoms with Crippen molar-refractivity contribution in [2.24, 2.45) is 5.92 Å². The maximum atomic E-state index is 5.61. The lowest BCUT2D eigenvalue weighted by molar-refractivity contribution is 0.340. The van der Waals surface area contributed by atoms with Crippen LogP contribution >= 0.6 is 0 Å². The van der Waals surface area contributed by atoms with Crippen molar-refractivity contribution in [3.05, 3.63) is 12.3 Å². The molecule has 16 heavy (non-hydrogen) atoms. The Bertz CT molecular complexity index is 366. The fourth-order valence-corrected chi connectivity index (χ4v) is 2.77. The monoisotopic (exact) mass is 219 g/mol. The highest BCUT2D eigenvalue weighted by Gasteiger charge is 2.34. The molecule has 5 nitrogen and oxygen atoms in total. The molecule has 5 heteroatoms. The second-order valence-electron chi connectivity index (χ2n) is 4.64. The van der Waals surface area contributed by atoms with Crippen LogP contribution in [0.1, 0.15) is 12.8 Å². The Morgan fingerprint density at radius 1 is 1.44 bits per heavy atom. The normalized spacial score (nSPS) is 29.1. The molecular weight excluding hydrogens is 202 g/mol. The second-order valence-corrected chi connectivity index (χ2v) is 4.64. The molecule has 86 valence electrons. The van der Waals surface area contributed by atoms with Crippen molar-refractivity contribution in [3.63, 3.8) is 0 Å². The molecular formula is C11H17N5. The fourth-order valence-electron chi connectivity index (χ4n) is 2.77. The van der Waals surface area contributed by atoms with Crippen LogP contribution in [0.25, 0.3) is 0 Å². The van der Waals surface area contributed by atoms with E-state index < -0.39 is 0 Å². The number of anilines is 2. The number of nitrogen functional groups attached to an aromatic ring is 1. The third-order valence-corrected chi connectivity index (χ3v) is 3.58. The van der Waals surface area contributed by atoms with Gasteiger partial charge in [-0.2, -0.15) is 4.98 Å². The van der Waals surface area contributed by atoms with Crippen LogP contribution in [0.5, 0.6) is 0 Å². The highest BCUT2D eigenvalue weighted by Crippen LogP contribution is 2.27. The average Bonchev–Trinajstić information content (AvgIpc) is 2.72. The van der Waals surface area contributed by atoms with Crippen LogP contribution in [0.15, 0.2) is 12.3 Å². The number of nitrogens with two attached hydrogens (primary N) is 1. The zero-order valence-electron chi connectivity index (χ0n) is 9.26. The van der Waals surface area contributed by atoms with Crippen LogP contribution in [0.2, 0.25) is 0 Å². The predicted molar refractivity (Wildman–Crippen MR) is 63.2 cm³/mol. The SMILES string of the molecule is Nc1nccc(N2C[C@@H]3CCCN[C@@H]3C2)n1. The first-order valence-corrected chi connectivity index (χ1v) is 5.90. The predicted octanol–water partition coefficient (Wildman–Crippen LogP) is 0.247. The van der Waals surface area contributed by atoms with Gasteiger partial charge in [0.1, 0.15) is 5.82 Å². The highest BCUT2D eigenvalue weighted by atomic mass is 15.3. The summed E-state index contributed by atoms with van der Waals surface area (Å²) in [5, 5.41) is 3.58. The lowest BCUT2D eigenvalue weighted by Crippen LogP contribution is -2.40. The zero-order chi connectivity index (χ0) is 11.0. The quantitative estimate of drug-likeness (QED) is 0.708. The molecule has 2 atom stereocenters. The van der Waals surface area contributed by atoms with Crippen LogP contribution in [-0.2, 0) is 0 Å². The number of aromatic nitrogens is 2. The molecule has 0 bridgehead atoms. The summed E-state index contributed by atoms with van der Waals surface area (Å²) in [4.78, 5) is 10.5. The number of nitrogens with zero attached hydrogens (tertiary/aromatic N) is 3. The van der Waals surface area contributed by atoms with E-state index >= 15 is 0 Å². The van der Waals surface area contributed by atoms with Crippen LogP contribution < -0.4 is 16.0 Å². The van der Waals surface area contributed by atoms with E-state index in [-0.39, 0.29) is 0 Å². The number of rotatable bonds is 1. The molecule has 1 aromatic rings. The maximum absolute atomic E-state index is 5.61. The molecule has 2 fully saturated rings. The van der Waals surface area contributed by atoms with Crippen molar-refractivity contribution in [1.82, 2.24) is 15.3 Å². The minimum Gasteiger partial charge on any atom is -0.368 e. The molecule has 2 aliphatic rings. The third-order valence-electron chi connectivity index (χ3n) is 3.58. The Balaban J connectivity index is 1.77. The van der Waals surface area contributed by atoms with Crippen LogP contribution in [-0.4, -0.2) is 35.6 Å². The van der Waals surface area contributed by atoms with Gasteiger partial charge in [0.05, 0.1) is 0 Å². The average molecular weight is 219 g/mol. The van der Waals surface area contributed by atoms with E-state index in [1.165, 1.54) is 12.8 Å². The lowest BCUT2D eigenvalue weighted by atomic mass is 9.94. The molecule has 0 radical (unpaired) electrons. The van der Waals surface area contributed by atoms with E-state index in [9.17, 15) is 0 Å². The van der Waals surface area contributed by atoms with Crippen molar-refractivity contribution in [1.29, 1.82) is 0 Å².